The van der Waals surface area contributed by atoms with E-state index in [0.29, 0.717) is 11.4 Å². The van der Waals surface area contributed by atoms with E-state index in [1.807, 2.05) is 54.7 Å². The maximum Gasteiger partial charge on any atom is 0.343 e. The standard InChI is InChI=1S/C21H18N4O3/c1-3-28-21(27)15-13-16(22-24(2)20(15)26)18-17-11-7-8-12-25(17)23-19(18)14-9-5-4-6-10-14/h4-13H,3H2,1-2H3. The summed E-state index contributed by atoms with van der Waals surface area (Å²) < 4.78 is 7.95. The Morgan fingerprint density at radius 3 is 2.57 bits per heavy atom. The van der Waals surface area contributed by atoms with Crippen LogP contribution < -0.4 is 5.56 Å². The van der Waals surface area contributed by atoms with Gasteiger partial charge in [-0.3, -0.25) is 4.79 Å². The zero-order chi connectivity index (χ0) is 19.7. The van der Waals surface area contributed by atoms with Crippen LogP contribution in [-0.4, -0.2) is 32.0 Å². The summed E-state index contributed by atoms with van der Waals surface area (Å²) in [5.74, 6) is -0.663. The van der Waals surface area contributed by atoms with Gasteiger partial charge in [0.05, 0.1) is 23.4 Å². The summed E-state index contributed by atoms with van der Waals surface area (Å²) in [6.45, 7) is 1.88. The van der Waals surface area contributed by atoms with E-state index >= 15 is 0 Å². The molecule has 0 saturated heterocycles. The van der Waals surface area contributed by atoms with Gasteiger partial charge in [0, 0.05) is 18.8 Å². The number of hydrogen-bond acceptors (Lipinski definition) is 5. The van der Waals surface area contributed by atoms with E-state index in [0.717, 1.165) is 21.3 Å². The van der Waals surface area contributed by atoms with Crippen LogP contribution in [-0.2, 0) is 11.8 Å². The van der Waals surface area contributed by atoms with E-state index < -0.39 is 11.5 Å². The van der Waals surface area contributed by atoms with Crippen molar-refractivity contribution in [2.24, 2.45) is 7.05 Å². The van der Waals surface area contributed by atoms with Crippen LogP contribution in [0, 0.1) is 0 Å². The van der Waals surface area contributed by atoms with Gasteiger partial charge in [-0.05, 0) is 25.1 Å². The Morgan fingerprint density at radius 2 is 1.82 bits per heavy atom. The first kappa shape index (κ1) is 17.7. The van der Waals surface area contributed by atoms with Crippen molar-refractivity contribution in [2.45, 2.75) is 6.92 Å². The zero-order valence-electron chi connectivity index (χ0n) is 15.5. The molecule has 28 heavy (non-hydrogen) atoms. The normalized spacial score (nSPS) is 10.9. The molecule has 0 bridgehead atoms. The molecule has 1 aromatic carbocycles. The second-order valence-electron chi connectivity index (χ2n) is 6.21. The van der Waals surface area contributed by atoms with Gasteiger partial charge in [-0.1, -0.05) is 36.4 Å². The molecule has 7 heteroatoms. The van der Waals surface area contributed by atoms with Crippen molar-refractivity contribution >= 4 is 11.5 Å². The van der Waals surface area contributed by atoms with Gasteiger partial charge in [0.15, 0.2) is 0 Å². The molecule has 7 nitrogen and oxygen atoms in total. The van der Waals surface area contributed by atoms with Gasteiger partial charge in [0.25, 0.3) is 5.56 Å². The largest absolute Gasteiger partial charge is 0.462 e. The van der Waals surface area contributed by atoms with Crippen LogP contribution >= 0.6 is 0 Å². The van der Waals surface area contributed by atoms with Crippen LogP contribution in [0.2, 0.25) is 0 Å². The summed E-state index contributed by atoms with van der Waals surface area (Å²) in [6, 6.07) is 16.9. The molecular weight excluding hydrogens is 356 g/mol. The predicted octanol–water partition coefficient (Wildman–Crippen LogP) is 2.94. The van der Waals surface area contributed by atoms with Gasteiger partial charge in [-0.25, -0.2) is 14.0 Å². The monoisotopic (exact) mass is 374 g/mol. The number of nitrogens with zero attached hydrogens (tertiary/aromatic N) is 4. The minimum atomic E-state index is -0.663. The summed E-state index contributed by atoms with van der Waals surface area (Å²) in [5, 5.41) is 9.09. The molecule has 0 aliphatic rings. The lowest BCUT2D eigenvalue weighted by Gasteiger charge is -2.08. The molecule has 0 unspecified atom stereocenters. The van der Waals surface area contributed by atoms with E-state index in [1.165, 1.54) is 13.1 Å². The molecule has 0 atom stereocenters. The number of aromatic nitrogens is 4. The molecule has 0 N–H and O–H groups in total. The number of pyridine rings is 1. The summed E-state index contributed by atoms with van der Waals surface area (Å²) in [7, 11) is 1.52. The molecule has 0 radical (unpaired) electrons. The Morgan fingerprint density at radius 1 is 1.07 bits per heavy atom. The number of carbonyl (C=O) groups excluding carboxylic acids is 1. The average Bonchev–Trinajstić information content (AvgIpc) is 3.10. The highest BCUT2D eigenvalue weighted by Crippen LogP contribution is 2.33. The topological polar surface area (TPSA) is 78.5 Å². The van der Waals surface area contributed by atoms with Crippen LogP contribution in [0.5, 0.6) is 0 Å². The zero-order valence-corrected chi connectivity index (χ0v) is 15.5. The van der Waals surface area contributed by atoms with Crippen molar-refractivity contribution in [2.75, 3.05) is 6.61 Å². The molecule has 140 valence electrons. The van der Waals surface area contributed by atoms with Crippen molar-refractivity contribution < 1.29 is 9.53 Å². The van der Waals surface area contributed by atoms with Gasteiger partial charge in [0.1, 0.15) is 11.3 Å². The third kappa shape index (κ3) is 2.96. The lowest BCUT2D eigenvalue weighted by atomic mass is 10.0. The van der Waals surface area contributed by atoms with E-state index in [2.05, 4.69) is 5.10 Å². The third-order valence-corrected chi connectivity index (χ3v) is 4.40. The fourth-order valence-corrected chi connectivity index (χ4v) is 3.14. The lowest BCUT2D eigenvalue weighted by molar-refractivity contribution is 0.0523. The molecule has 0 aliphatic carbocycles. The molecule has 0 fully saturated rings. The summed E-state index contributed by atoms with van der Waals surface area (Å²) in [4.78, 5) is 24.7. The van der Waals surface area contributed by atoms with Gasteiger partial charge in [-0.2, -0.15) is 10.2 Å². The van der Waals surface area contributed by atoms with Gasteiger partial charge in [0.2, 0.25) is 0 Å². The predicted molar refractivity (Wildman–Crippen MR) is 105 cm³/mol. The molecular formula is C21H18N4O3. The van der Waals surface area contributed by atoms with Crippen molar-refractivity contribution in [1.82, 2.24) is 19.4 Å². The first-order valence-electron chi connectivity index (χ1n) is 8.88. The molecule has 0 spiro atoms. The number of ether oxygens (including phenoxy) is 1. The minimum absolute atomic E-state index is 0.0522. The summed E-state index contributed by atoms with van der Waals surface area (Å²) >= 11 is 0. The maximum absolute atomic E-state index is 12.4. The number of hydrogen-bond donors (Lipinski definition) is 0. The van der Waals surface area contributed by atoms with Crippen molar-refractivity contribution in [3.8, 4) is 22.5 Å². The number of benzene rings is 1. The molecule has 0 aliphatic heterocycles. The lowest BCUT2D eigenvalue weighted by Crippen LogP contribution is -2.27. The first-order chi connectivity index (χ1) is 13.6. The highest BCUT2D eigenvalue weighted by atomic mass is 16.5. The molecule has 4 rings (SSSR count). The molecule has 3 heterocycles. The number of esters is 1. The molecule has 0 amide bonds. The van der Waals surface area contributed by atoms with Crippen molar-refractivity contribution in [3.05, 3.63) is 76.7 Å². The third-order valence-electron chi connectivity index (χ3n) is 4.40. The Balaban J connectivity index is 2.02. The van der Waals surface area contributed by atoms with Crippen LogP contribution in [0.1, 0.15) is 17.3 Å². The van der Waals surface area contributed by atoms with Crippen LogP contribution in [0.25, 0.3) is 28.0 Å². The molecule has 3 aromatic heterocycles. The summed E-state index contributed by atoms with van der Waals surface area (Å²) in [5.41, 5.74) is 3.12. The summed E-state index contributed by atoms with van der Waals surface area (Å²) in [6.07, 6.45) is 1.85. The maximum atomic E-state index is 12.4. The van der Waals surface area contributed by atoms with E-state index in [1.54, 1.807) is 11.4 Å². The van der Waals surface area contributed by atoms with Gasteiger partial charge in [-0.15, -0.1) is 0 Å². The number of carbonyl (C=O) groups is 1. The van der Waals surface area contributed by atoms with Crippen LogP contribution in [0.3, 0.4) is 0 Å². The fourth-order valence-electron chi connectivity index (χ4n) is 3.14. The van der Waals surface area contributed by atoms with Crippen molar-refractivity contribution in [3.63, 3.8) is 0 Å². The quantitative estimate of drug-likeness (QED) is 0.513. The first-order valence-corrected chi connectivity index (χ1v) is 8.88. The smallest absolute Gasteiger partial charge is 0.343 e. The number of rotatable bonds is 4. The van der Waals surface area contributed by atoms with Gasteiger partial charge < -0.3 is 4.74 Å². The fraction of sp³-hybridized carbons (Fsp3) is 0.143. The van der Waals surface area contributed by atoms with Gasteiger partial charge >= 0.3 is 5.97 Å². The highest BCUT2D eigenvalue weighted by Gasteiger charge is 2.22. The minimum Gasteiger partial charge on any atom is -0.462 e. The second kappa shape index (κ2) is 7.11. The Kier molecular flexibility index (Phi) is 4.49. The molecule has 4 aromatic rings. The Bertz CT molecular complexity index is 1230. The van der Waals surface area contributed by atoms with Crippen LogP contribution in [0.15, 0.2) is 65.6 Å². The second-order valence-corrected chi connectivity index (χ2v) is 6.21. The SMILES string of the molecule is CCOC(=O)c1cc(-c2c(-c3ccccc3)nn3ccccc23)nn(C)c1=O. The number of fused-ring (bicyclic) bond motifs is 1. The van der Waals surface area contributed by atoms with E-state index in [-0.39, 0.29) is 12.2 Å². The Labute approximate surface area is 160 Å². The van der Waals surface area contributed by atoms with E-state index in [9.17, 15) is 9.59 Å². The number of aryl methyl sites for hydroxylation is 1. The van der Waals surface area contributed by atoms with E-state index in [4.69, 9.17) is 9.84 Å². The molecule has 0 saturated carbocycles. The average molecular weight is 374 g/mol. The highest BCUT2D eigenvalue weighted by molar-refractivity contribution is 5.94. The van der Waals surface area contributed by atoms with Crippen molar-refractivity contribution in [1.29, 1.82) is 0 Å². The van der Waals surface area contributed by atoms with Crippen LogP contribution in [0.4, 0.5) is 0 Å². The Hall–Kier alpha value is -3.74.